The molecule has 0 fully saturated rings. The van der Waals surface area contributed by atoms with Crippen LogP contribution in [0.5, 0.6) is 0 Å². The van der Waals surface area contributed by atoms with Crippen molar-refractivity contribution in [2.45, 2.75) is 6.92 Å². The SMILES string of the molecule is Cc1cc2c(s1)C(=O)c1cc(Br)sc1C2=O. The highest BCUT2D eigenvalue weighted by atomic mass is 79.9. The summed E-state index contributed by atoms with van der Waals surface area (Å²) < 4.78 is 0.825. The number of hydrogen-bond donors (Lipinski definition) is 0. The van der Waals surface area contributed by atoms with E-state index >= 15 is 0 Å². The van der Waals surface area contributed by atoms with Gasteiger partial charge in [0.05, 0.1) is 13.5 Å². The van der Waals surface area contributed by atoms with Gasteiger partial charge in [0.15, 0.2) is 0 Å². The Balaban J connectivity index is 2.32. The number of carbonyl (C=O) groups is 2. The number of fused-ring (bicyclic) bond motifs is 2. The highest BCUT2D eigenvalue weighted by Gasteiger charge is 2.33. The second-order valence-electron chi connectivity index (χ2n) is 3.55. The fourth-order valence-corrected chi connectivity index (χ4v) is 4.31. The van der Waals surface area contributed by atoms with E-state index < -0.39 is 0 Å². The lowest BCUT2D eigenvalue weighted by Crippen LogP contribution is -2.15. The van der Waals surface area contributed by atoms with Gasteiger partial charge in [-0.1, -0.05) is 0 Å². The van der Waals surface area contributed by atoms with Gasteiger partial charge in [-0.3, -0.25) is 9.59 Å². The van der Waals surface area contributed by atoms with Crippen LogP contribution in [0.15, 0.2) is 15.9 Å². The molecule has 0 aromatic carbocycles. The molecule has 2 heterocycles. The molecule has 0 amide bonds. The van der Waals surface area contributed by atoms with Crippen LogP contribution in [-0.4, -0.2) is 11.6 Å². The zero-order valence-electron chi connectivity index (χ0n) is 8.17. The molecule has 16 heavy (non-hydrogen) atoms. The normalized spacial score (nSPS) is 13.9. The van der Waals surface area contributed by atoms with Crippen molar-refractivity contribution in [3.8, 4) is 0 Å². The minimum atomic E-state index is -0.0235. The summed E-state index contributed by atoms with van der Waals surface area (Å²) in [6.07, 6.45) is 0. The second-order valence-corrected chi connectivity index (χ2v) is 7.24. The van der Waals surface area contributed by atoms with Crippen LogP contribution in [0.25, 0.3) is 0 Å². The maximum absolute atomic E-state index is 12.1. The van der Waals surface area contributed by atoms with Crippen LogP contribution in [0.1, 0.15) is 35.3 Å². The molecule has 0 N–H and O–H groups in total. The Morgan fingerprint density at radius 3 is 2.25 bits per heavy atom. The topological polar surface area (TPSA) is 34.1 Å². The van der Waals surface area contributed by atoms with Crippen LogP contribution in [0.3, 0.4) is 0 Å². The van der Waals surface area contributed by atoms with Crippen molar-refractivity contribution in [2.24, 2.45) is 0 Å². The summed E-state index contributed by atoms with van der Waals surface area (Å²) in [5, 5.41) is 0. The highest BCUT2D eigenvalue weighted by molar-refractivity contribution is 9.11. The highest BCUT2D eigenvalue weighted by Crippen LogP contribution is 2.38. The lowest BCUT2D eigenvalue weighted by atomic mass is 9.96. The number of rotatable bonds is 0. The van der Waals surface area contributed by atoms with Crippen LogP contribution in [-0.2, 0) is 0 Å². The quantitative estimate of drug-likeness (QED) is 0.635. The first-order valence-electron chi connectivity index (χ1n) is 4.57. The van der Waals surface area contributed by atoms with Gasteiger partial charge in [0, 0.05) is 16.0 Å². The van der Waals surface area contributed by atoms with Crippen molar-refractivity contribution in [2.75, 3.05) is 0 Å². The zero-order chi connectivity index (χ0) is 11.4. The number of halogens is 1. The summed E-state index contributed by atoms with van der Waals surface area (Å²) in [6.45, 7) is 1.91. The van der Waals surface area contributed by atoms with Crippen LogP contribution < -0.4 is 0 Å². The summed E-state index contributed by atoms with van der Waals surface area (Å²) in [4.78, 5) is 26.4. The third-order valence-corrected chi connectivity index (χ3v) is 5.15. The Kier molecular flexibility index (Phi) is 2.18. The van der Waals surface area contributed by atoms with Gasteiger partial charge < -0.3 is 0 Å². The second kappa shape index (κ2) is 3.35. The van der Waals surface area contributed by atoms with Crippen molar-refractivity contribution >= 4 is 50.2 Å². The predicted molar refractivity (Wildman–Crippen MR) is 67.9 cm³/mol. The zero-order valence-corrected chi connectivity index (χ0v) is 11.4. The Morgan fingerprint density at radius 1 is 1.00 bits per heavy atom. The number of thiophene rings is 2. The van der Waals surface area contributed by atoms with Gasteiger partial charge in [-0.15, -0.1) is 22.7 Å². The van der Waals surface area contributed by atoms with E-state index in [0.717, 1.165) is 8.66 Å². The number of hydrogen-bond acceptors (Lipinski definition) is 4. The third kappa shape index (κ3) is 1.28. The van der Waals surface area contributed by atoms with E-state index in [9.17, 15) is 9.59 Å². The van der Waals surface area contributed by atoms with E-state index in [2.05, 4.69) is 15.9 Å². The third-order valence-electron chi connectivity index (χ3n) is 2.46. The monoisotopic (exact) mass is 312 g/mol. The van der Waals surface area contributed by atoms with Gasteiger partial charge in [0.2, 0.25) is 11.6 Å². The molecule has 1 aliphatic rings. The van der Waals surface area contributed by atoms with Crippen molar-refractivity contribution in [1.29, 1.82) is 0 Å². The van der Waals surface area contributed by atoms with E-state index in [1.54, 1.807) is 12.1 Å². The lowest BCUT2D eigenvalue weighted by Gasteiger charge is -2.08. The van der Waals surface area contributed by atoms with E-state index in [1.165, 1.54) is 22.7 Å². The van der Waals surface area contributed by atoms with Gasteiger partial charge in [-0.05, 0) is 35.0 Å². The minimum Gasteiger partial charge on any atom is -0.288 e. The first-order chi connectivity index (χ1) is 7.58. The molecular formula is C11H5BrO2S2. The Labute approximate surface area is 108 Å². The number of carbonyl (C=O) groups excluding carboxylic acids is 2. The van der Waals surface area contributed by atoms with Gasteiger partial charge in [0.25, 0.3) is 0 Å². The Bertz CT molecular complexity index is 533. The Hall–Kier alpha value is -0.780. The number of ketones is 2. The molecule has 80 valence electrons. The molecule has 0 aliphatic heterocycles. The molecule has 5 heteroatoms. The Morgan fingerprint density at radius 2 is 1.56 bits per heavy atom. The summed E-state index contributed by atoms with van der Waals surface area (Å²) in [5.41, 5.74) is 1.10. The molecule has 0 saturated heterocycles. The van der Waals surface area contributed by atoms with E-state index in [0.29, 0.717) is 20.9 Å². The van der Waals surface area contributed by atoms with E-state index in [-0.39, 0.29) is 11.6 Å². The van der Waals surface area contributed by atoms with Crippen LogP contribution in [0.2, 0.25) is 0 Å². The van der Waals surface area contributed by atoms with E-state index in [1.807, 2.05) is 6.92 Å². The summed E-state index contributed by atoms with van der Waals surface area (Å²) in [6, 6.07) is 3.54. The average Bonchev–Trinajstić information content (AvgIpc) is 2.78. The summed E-state index contributed by atoms with van der Waals surface area (Å²) >= 11 is 6.03. The van der Waals surface area contributed by atoms with Crippen molar-refractivity contribution < 1.29 is 9.59 Å². The maximum Gasteiger partial charge on any atom is 0.205 e. The lowest BCUT2D eigenvalue weighted by molar-refractivity contribution is 0.0986. The summed E-state index contributed by atoms with van der Waals surface area (Å²) in [5.74, 6) is -0.0469. The molecule has 3 rings (SSSR count). The fourth-order valence-electron chi connectivity index (χ4n) is 1.79. The van der Waals surface area contributed by atoms with Crippen LogP contribution >= 0.6 is 38.6 Å². The largest absolute Gasteiger partial charge is 0.288 e. The molecule has 0 atom stereocenters. The van der Waals surface area contributed by atoms with Gasteiger partial charge in [-0.2, -0.15) is 0 Å². The molecular weight excluding hydrogens is 308 g/mol. The summed E-state index contributed by atoms with van der Waals surface area (Å²) in [7, 11) is 0. The van der Waals surface area contributed by atoms with Crippen LogP contribution in [0.4, 0.5) is 0 Å². The fraction of sp³-hybridized carbons (Fsp3) is 0.0909. The molecule has 2 aromatic rings. The van der Waals surface area contributed by atoms with Crippen LogP contribution in [0, 0.1) is 6.92 Å². The van der Waals surface area contributed by atoms with Gasteiger partial charge in [-0.25, -0.2) is 0 Å². The maximum atomic E-state index is 12.1. The van der Waals surface area contributed by atoms with E-state index in [4.69, 9.17) is 0 Å². The predicted octanol–water partition coefficient (Wildman–Crippen LogP) is 3.66. The minimum absolute atomic E-state index is 0.0235. The molecule has 0 bridgehead atoms. The number of aryl methyl sites for hydroxylation is 1. The van der Waals surface area contributed by atoms with Gasteiger partial charge in [0.1, 0.15) is 0 Å². The molecule has 1 aliphatic carbocycles. The molecule has 0 unspecified atom stereocenters. The smallest absolute Gasteiger partial charge is 0.205 e. The van der Waals surface area contributed by atoms with Crippen molar-refractivity contribution in [1.82, 2.24) is 0 Å². The standard InChI is InChI=1S/C11H5BrO2S2/c1-4-2-5-8(13)11-6(3-7(12)16-11)9(14)10(5)15-4/h2-3H,1H3. The van der Waals surface area contributed by atoms with Crippen molar-refractivity contribution in [3.63, 3.8) is 0 Å². The first kappa shape index (κ1) is 10.4. The molecule has 2 aromatic heterocycles. The average molecular weight is 313 g/mol. The molecule has 0 spiro atoms. The molecule has 0 radical (unpaired) electrons. The first-order valence-corrected chi connectivity index (χ1v) is 6.99. The molecule has 2 nitrogen and oxygen atoms in total. The van der Waals surface area contributed by atoms with Gasteiger partial charge >= 0.3 is 0 Å². The molecule has 0 saturated carbocycles. The van der Waals surface area contributed by atoms with Crippen molar-refractivity contribution in [3.05, 3.63) is 41.7 Å².